The van der Waals surface area contributed by atoms with E-state index >= 15 is 0 Å². The topological polar surface area (TPSA) is 141 Å². The molecule has 0 fully saturated rings. The molecule has 136 valence electrons. The number of nitrogens with zero attached hydrogens (tertiary/aromatic N) is 4. The number of sulfonamides is 1. The first-order chi connectivity index (χ1) is 12.1. The SMILES string of the molecule is Cc1ccc(-c2cc(NC(=O)[O-])c3nnc(C)n3n2)cc1NS(C)(=O)=O. The molecule has 3 aromatic rings. The Hall–Kier alpha value is -3.21. The lowest BCUT2D eigenvalue weighted by molar-refractivity contribution is -0.242. The normalized spacial score (nSPS) is 11.5. The number of nitrogens with one attached hydrogen (secondary N) is 2. The van der Waals surface area contributed by atoms with E-state index < -0.39 is 16.1 Å². The van der Waals surface area contributed by atoms with E-state index in [-0.39, 0.29) is 11.3 Å². The van der Waals surface area contributed by atoms with Crippen molar-refractivity contribution in [2.24, 2.45) is 0 Å². The first kappa shape index (κ1) is 17.6. The molecule has 0 unspecified atom stereocenters. The van der Waals surface area contributed by atoms with Gasteiger partial charge in [-0.1, -0.05) is 12.1 Å². The van der Waals surface area contributed by atoms with Crippen molar-refractivity contribution in [1.82, 2.24) is 19.8 Å². The van der Waals surface area contributed by atoms with Gasteiger partial charge in [-0.25, -0.2) is 8.42 Å². The Morgan fingerprint density at radius 1 is 1.15 bits per heavy atom. The second-order valence-electron chi connectivity index (χ2n) is 5.74. The molecular weight excluding hydrogens is 360 g/mol. The van der Waals surface area contributed by atoms with Gasteiger partial charge in [0.2, 0.25) is 15.7 Å². The summed E-state index contributed by atoms with van der Waals surface area (Å²) >= 11 is 0. The van der Waals surface area contributed by atoms with Crippen molar-refractivity contribution in [3.8, 4) is 11.3 Å². The molecule has 2 aromatic heterocycles. The van der Waals surface area contributed by atoms with Crippen LogP contribution in [0.1, 0.15) is 11.4 Å². The molecule has 0 aliphatic heterocycles. The van der Waals surface area contributed by atoms with E-state index in [4.69, 9.17) is 0 Å². The summed E-state index contributed by atoms with van der Waals surface area (Å²) < 4.78 is 26.9. The molecule has 0 bridgehead atoms. The molecule has 10 nitrogen and oxygen atoms in total. The minimum Gasteiger partial charge on any atom is -0.530 e. The zero-order chi connectivity index (χ0) is 19.1. The van der Waals surface area contributed by atoms with Crippen LogP contribution >= 0.6 is 0 Å². The number of carbonyl (C=O) groups excluding carboxylic acids is 1. The maximum atomic E-state index is 11.5. The van der Waals surface area contributed by atoms with Crippen molar-refractivity contribution < 1.29 is 18.3 Å². The molecule has 1 aromatic carbocycles. The maximum absolute atomic E-state index is 11.5. The van der Waals surface area contributed by atoms with E-state index in [1.54, 1.807) is 32.0 Å². The van der Waals surface area contributed by atoms with Crippen LogP contribution in [0.4, 0.5) is 16.2 Å². The van der Waals surface area contributed by atoms with Crippen LogP contribution in [0.25, 0.3) is 16.9 Å². The number of carboxylic acid groups (broad SMARTS) is 1. The smallest absolute Gasteiger partial charge is 0.229 e. The highest BCUT2D eigenvalue weighted by Crippen LogP contribution is 2.28. The zero-order valence-electron chi connectivity index (χ0n) is 14.1. The monoisotopic (exact) mass is 375 g/mol. The van der Waals surface area contributed by atoms with Gasteiger partial charge >= 0.3 is 0 Å². The summed E-state index contributed by atoms with van der Waals surface area (Å²) in [5.41, 5.74) is 2.51. The molecular formula is C15H15N6O4S-. The fraction of sp³-hybridized carbons (Fsp3) is 0.200. The molecule has 0 aliphatic carbocycles. The molecule has 2 N–H and O–H groups in total. The van der Waals surface area contributed by atoms with Crippen LogP contribution in [0.2, 0.25) is 0 Å². The number of hydrogen-bond acceptors (Lipinski definition) is 7. The average Bonchev–Trinajstić information content (AvgIpc) is 2.89. The van der Waals surface area contributed by atoms with E-state index in [1.165, 1.54) is 10.6 Å². The van der Waals surface area contributed by atoms with Crippen LogP contribution in [0.5, 0.6) is 0 Å². The van der Waals surface area contributed by atoms with Crippen molar-refractivity contribution in [2.75, 3.05) is 16.3 Å². The fourth-order valence-corrected chi connectivity index (χ4v) is 3.04. The highest BCUT2D eigenvalue weighted by Gasteiger charge is 2.14. The average molecular weight is 375 g/mol. The van der Waals surface area contributed by atoms with Crippen molar-refractivity contribution in [1.29, 1.82) is 0 Å². The summed E-state index contributed by atoms with van der Waals surface area (Å²) in [5.74, 6) is 0.463. The summed E-state index contributed by atoms with van der Waals surface area (Å²) in [6, 6.07) is 6.58. The van der Waals surface area contributed by atoms with Crippen molar-refractivity contribution >= 4 is 33.1 Å². The number of fused-ring (bicyclic) bond motifs is 1. The van der Waals surface area contributed by atoms with E-state index in [2.05, 4.69) is 25.3 Å². The van der Waals surface area contributed by atoms with E-state index in [1.807, 2.05) is 0 Å². The summed E-state index contributed by atoms with van der Waals surface area (Å²) in [4.78, 5) is 10.9. The van der Waals surface area contributed by atoms with Gasteiger partial charge in [0.05, 0.1) is 23.3 Å². The Morgan fingerprint density at radius 2 is 1.88 bits per heavy atom. The van der Waals surface area contributed by atoms with Crippen LogP contribution in [-0.4, -0.2) is 40.6 Å². The third kappa shape index (κ3) is 3.57. The number of amides is 1. The Kier molecular flexibility index (Phi) is 4.24. The summed E-state index contributed by atoms with van der Waals surface area (Å²) in [6.45, 7) is 3.44. The van der Waals surface area contributed by atoms with Gasteiger partial charge in [0, 0.05) is 5.56 Å². The number of carbonyl (C=O) groups is 1. The predicted molar refractivity (Wildman–Crippen MR) is 93.2 cm³/mol. The number of aryl methyl sites for hydroxylation is 2. The Morgan fingerprint density at radius 3 is 2.54 bits per heavy atom. The van der Waals surface area contributed by atoms with Crippen molar-refractivity contribution in [3.05, 3.63) is 35.7 Å². The predicted octanol–water partition coefficient (Wildman–Crippen LogP) is 0.535. The Bertz CT molecular complexity index is 1120. The van der Waals surface area contributed by atoms with Gasteiger partial charge in [-0.3, -0.25) is 4.72 Å². The van der Waals surface area contributed by atoms with E-state index in [0.717, 1.165) is 11.8 Å². The molecule has 0 spiro atoms. The second-order valence-corrected chi connectivity index (χ2v) is 7.49. The van der Waals surface area contributed by atoms with Gasteiger partial charge in [0.25, 0.3) is 0 Å². The highest BCUT2D eigenvalue weighted by atomic mass is 32.2. The molecule has 26 heavy (non-hydrogen) atoms. The van der Waals surface area contributed by atoms with Crippen LogP contribution < -0.4 is 15.1 Å². The summed E-state index contributed by atoms with van der Waals surface area (Å²) in [5, 5.41) is 25.3. The highest BCUT2D eigenvalue weighted by molar-refractivity contribution is 7.92. The van der Waals surface area contributed by atoms with Gasteiger partial charge in [0.1, 0.15) is 6.09 Å². The minimum atomic E-state index is -3.45. The third-order valence-corrected chi connectivity index (χ3v) is 4.18. The third-order valence-electron chi connectivity index (χ3n) is 3.59. The summed E-state index contributed by atoms with van der Waals surface area (Å²) in [6.07, 6.45) is -0.431. The van der Waals surface area contributed by atoms with Crippen molar-refractivity contribution in [3.63, 3.8) is 0 Å². The van der Waals surface area contributed by atoms with Gasteiger partial charge in [-0.15, -0.1) is 10.2 Å². The van der Waals surface area contributed by atoms with Gasteiger partial charge < -0.3 is 15.2 Å². The molecule has 0 atom stereocenters. The Balaban J connectivity index is 2.17. The molecule has 0 saturated heterocycles. The van der Waals surface area contributed by atoms with E-state index in [9.17, 15) is 18.3 Å². The number of aromatic nitrogens is 4. The largest absolute Gasteiger partial charge is 0.530 e. The second kappa shape index (κ2) is 6.26. The molecule has 1 amide bonds. The molecule has 0 radical (unpaired) electrons. The zero-order valence-corrected chi connectivity index (χ0v) is 15.0. The minimum absolute atomic E-state index is 0.161. The molecule has 2 heterocycles. The van der Waals surface area contributed by atoms with Gasteiger partial charge in [-0.2, -0.15) is 9.61 Å². The molecule has 11 heteroatoms. The summed E-state index contributed by atoms with van der Waals surface area (Å²) in [7, 11) is -3.45. The first-order valence-corrected chi connectivity index (χ1v) is 9.33. The van der Waals surface area contributed by atoms with Crippen LogP contribution in [-0.2, 0) is 10.0 Å². The quantitative estimate of drug-likeness (QED) is 0.677. The van der Waals surface area contributed by atoms with E-state index in [0.29, 0.717) is 22.8 Å². The van der Waals surface area contributed by atoms with Gasteiger partial charge in [-0.05, 0) is 31.5 Å². The first-order valence-electron chi connectivity index (χ1n) is 7.44. The fourth-order valence-electron chi connectivity index (χ4n) is 2.42. The maximum Gasteiger partial charge on any atom is 0.229 e. The number of anilines is 2. The lowest BCUT2D eigenvalue weighted by Gasteiger charge is -2.12. The lowest BCUT2D eigenvalue weighted by atomic mass is 10.1. The lowest BCUT2D eigenvalue weighted by Crippen LogP contribution is -2.29. The molecule has 0 saturated carbocycles. The Labute approximate surface area is 148 Å². The van der Waals surface area contributed by atoms with Crippen LogP contribution in [0.3, 0.4) is 0 Å². The molecule has 0 aliphatic rings. The number of benzene rings is 1. The number of rotatable bonds is 4. The van der Waals surface area contributed by atoms with Crippen LogP contribution in [0, 0.1) is 13.8 Å². The van der Waals surface area contributed by atoms with Gasteiger partial charge in [0.15, 0.2) is 5.82 Å². The number of hydrogen-bond donors (Lipinski definition) is 2. The standard InChI is InChI=1S/C15H16N6O4S/c1-8-4-5-10(6-11(8)20-26(3,24)25)12-7-13(16-15(22)23)14-18-17-9(2)21(14)19-12/h4-7,16,20H,1-3H3,(H,22,23)/p-1. The molecule has 3 rings (SSSR count). The van der Waals surface area contributed by atoms with Crippen LogP contribution in [0.15, 0.2) is 24.3 Å². The van der Waals surface area contributed by atoms with Crippen molar-refractivity contribution in [2.45, 2.75) is 13.8 Å².